The average Bonchev–Trinajstić information content (AvgIpc) is 2.84. The summed E-state index contributed by atoms with van der Waals surface area (Å²) in [6.45, 7) is 2.78. The van der Waals surface area contributed by atoms with Crippen molar-refractivity contribution in [1.82, 2.24) is 0 Å². The fourth-order valence-electron chi connectivity index (χ4n) is 2.35. The first-order valence-corrected chi connectivity index (χ1v) is 7.93. The van der Waals surface area contributed by atoms with Gasteiger partial charge in [0.1, 0.15) is 11.3 Å². The number of nitrogen functional groups attached to an aromatic ring is 1. The number of aromatic nitrogens is 1. The summed E-state index contributed by atoms with van der Waals surface area (Å²) >= 11 is 1.49. The Bertz CT molecular complexity index is 815. The molecule has 4 nitrogen and oxygen atoms in total. The standard InChI is InChI=1S/C17H16N2O2S.ClH/c1-2-21-13-9-7-12(8-10-13)15(20)11-19-14-5-3-4-6-16(14)22-17(19)18;/h3-10,18H,2,11H2,1H3;1H. The number of rotatable bonds is 5. The summed E-state index contributed by atoms with van der Waals surface area (Å²) in [7, 11) is 0. The second kappa shape index (κ2) is 7.44. The van der Waals surface area contributed by atoms with E-state index in [-0.39, 0.29) is 24.7 Å². The van der Waals surface area contributed by atoms with Crippen molar-refractivity contribution in [2.24, 2.45) is 0 Å². The second-order valence-corrected chi connectivity index (χ2v) is 5.94. The topological polar surface area (TPSA) is 56.2 Å². The molecule has 1 heterocycles. The van der Waals surface area contributed by atoms with Gasteiger partial charge in [-0.1, -0.05) is 12.1 Å². The number of thiazole rings is 1. The van der Waals surface area contributed by atoms with E-state index in [1.807, 2.05) is 47.9 Å². The molecule has 23 heavy (non-hydrogen) atoms. The number of nitrogens with two attached hydrogens (primary N) is 1. The number of ketones is 1. The van der Waals surface area contributed by atoms with E-state index in [0.29, 0.717) is 17.3 Å². The molecule has 0 atom stereocenters. The SMILES string of the molecule is CCOc1ccc(C(=O)C[n+]2c(N)sc3ccccc32)cc1.[Cl-]. The zero-order valence-electron chi connectivity index (χ0n) is 12.7. The number of halogens is 1. The molecule has 0 saturated carbocycles. The van der Waals surface area contributed by atoms with E-state index in [2.05, 4.69) is 0 Å². The van der Waals surface area contributed by atoms with Crippen LogP contribution in [0.25, 0.3) is 10.2 Å². The molecular formula is C17H17ClN2O2S. The van der Waals surface area contributed by atoms with Crippen LogP contribution in [0.15, 0.2) is 48.5 Å². The number of benzene rings is 2. The first kappa shape index (κ1) is 17.2. The van der Waals surface area contributed by atoms with Gasteiger partial charge in [-0.3, -0.25) is 10.5 Å². The number of Topliss-reactive ketones (excluding diaryl/α,β-unsaturated/α-hetero) is 1. The van der Waals surface area contributed by atoms with Crippen molar-refractivity contribution >= 4 is 32.5 Å². The smallest absolute Gasteiger partial charge is 0.333 e. The van der Waals surface area contributed by atoms with Crippen molar-refractivity contribution in [3.05, 3.63) is 54.1 Å². The number of hydrogen-bond donors (Lipinski definition) is 1. The molecule has 0 spiro atoms. The van der Waals surface area contributed by atoms with Crippen LogP contribution in [0.2, 0.25) is 0 Å². The summed E-state index contributed by atoms with van der Waals surface area (Å²) < 4.78 is 8.33. The Hall–Kier alpha value is -2.11. The highest BCUT2D eigenvalue weighted by molar-refractivity contribution is 7.21. The molecule has 0 amide bonds. The van der Waals surface area contributed by atoms with E-state index < -0.39 is 0 Å². The molecule has 0 aliphatic carbocycles. The van der Waals surface area contributed by atoms with Gasteiger partial charge in [-0.25, -0.2) is 4.57 Å². The lowest BCUT2D eigenvalue weighted by molar-refractivity contribution is -0.638. The van der Waals surface area contributed by atoms with Crippen molar-refractivity contribution < 1.29 is 26.5 Å². The Morgan fingerprint density at radius 2 is 1.87 bits per heavy atom. The number of para-hydroxylation sites is 1. The summed E-state index contributed by atoms with van der Waals surface area (Å²) in [5.74, 6) is 0.801. The number of anilines is 1. The molecule has 0 fully saturated rings. The van der Waals surface area contributed by atoms with Crippen LogP contribution in [-0.4, -0.2) is 12.4 Å². The van der Waals surface area contributed by atoms with Gasteiger partial charge in [-0.2, -0.15) is 0 Å². The minimum Gasteiger partial charge on any atom is -1.00 e. The van der Waals surface area contributed by atoms with Crippen LogP contribution in [-0.2, 0) is 6.54 Å². The third-order valence-corrected chi connectivity index (χ3v) is 4.42. The molecule has 0 aliphatic heterocycles. The fraction of sp³-hybridized carbons (Fsp3) is 0.176. The van der Waals surface area contributed by atoms with Crippen molar-refractivity contribution in [3.63, 3.8) is 0 Å². The predicted octanol–water partition coefficient (Wildman–Crippen LogP) is 0.0566. The van der Waals surface area contributed by atoms with E-state index in [4.69, 9.17) is 10.5 Å². The van der Waals surface area contributed by atoms with Crippen LogP contribution in [0.1, 0.15) is 17.3 Å². The molecule has 0 saturated heterocycles. The summed E-state index contributed by atoms with van der Waals surface area (Å²) in [5, 5.41) is 0.639. The van der Waals surface area contributed by atoms with Crippen molar-refractivity contribution in [2.45, 2.75) is 13.5 Å². The van der Waals surface area contributed by atoms with Gasteiger partial charge < -0.3 is 17.1 Å². The van der Waals surface area contributed by atoms with Crippen molar-refractivity contribution in [3.8, 4) is 5.75 Å². The fourth-order valence-corrected chi connectivity index (χ4v) is 3.28. The number of hydrogen-bond acceptors (Lipinski definition) is 4. The van der Waals surface area contributed by atoms with Gasteiger partial charge in [0.15, 0.2) is 6.54 Å². The molecule has 0 unspecified atom stereocenters. The zero-order valence-corrected chi connectivity index (χ0v) is 14.2. The van der Waals surface area contributed by atoms with Gasteiger partial charge in [0, 0.05) is 5.56 Å². The van der Waals surface area contributed by atoms with E-state index >= 15 is 0 Å². The highest BCUT2D eigenvalue weighted by Crippen LogP contribution is 2.21. The maximum atomic E-state index is 12.5. The summed E-state index contributed by atoms with van der Waals surface area (Å²) in [5.41, 5.74) is 7.70. The van der Waals surface area contributed by atoms with Crippen LogP contribution < -0.4 is 27.4 Å². The third kappa shape index (κ3) is 3.63. The maximum absolute atomic E-state index is 12.5. The predicted molar refractivity (Wildman–Crippen MR) is 88.4 cm³/mol. The van der Waals surface area contributed by atoms with Crippen LogP contribution in [0, 0.1) is 0 Å². The molecule has 2 N–H and O–H groups in total. The quantitative estimate of drug-likeness (QED) is 0.524. The molecule has 0 aliphatic rings. The first-order valence-electron chi connectivity index (χ1n) is 7.12. The molecule has 2 aromatic carbocycles. The van der Waals surface area contributed by atoms with Crippen LogP contribution >= 0.6 is 11.3 Å². The van der Waals surface area contributed by atoms with Crippen molar-refractivity contribution in [1.29, 1.82) is 0 Å². The van der Waals surface area contributed by atoms with Crippen LogP contribution in [0.5, 0.6) is 5.75 Å². The minimum atomic E-state index is 0. The van der Waals surface area contributed by atoms with E-state index in [1.54, 1.807) is 12.1 Å². The lowest BCUT2D eigenvalue weighted by Gasteiger charge is -2.04. The monoisotopic (exact) mass is 348 g/mol. The highest BCUT2D eigenvalue weighted by atomic mass is 35.5. The van der Waals surface area contributed by atoms with Gasteiger partial charge in [0.05, 0.1) is 11.3 Å². The number of nitrogens with zero attached hydrogens (tertiary/aromatic N) is 1. The average molecular weight is 349 g/mol. The molecule has 0 radical (unpaired) electrons. The molecule has 120 valence electrons. The molecule has 3 aromatic rings. The Balaban J connectivity index is 0.00000192. The number of fused-ring (bicyclic) bond motifs is 1. The van der Waals surface area contributed by atoms with E-state index in [9.17, 15) is 4.79 Å². The molecular weight excluding hydrogens is 332 g/mol. The molecule has 6 heteroatoms. The Morgan fingerprint density at radius 1 is 1.17 bits per heavy atom. The number of ether oxygens (including phenoxy) is 1. The normalized spacial score (nSPS) is 10.3. The molecule has 3 rings (SSSR count). The minimum absolute atomic E-state index is 0. The van der Waals surface area contributed by atoms with Crippen LogP contribution in [0.4, 0.5) is 5.13 Å². The second-order valence-electron chi connectivity index (χ2n) is 4.87. The van der Waals surface area contributed by atoms with Gasteiger partial charge in [-0.05, 0) is 54.7 Å². The van der Waals surface area contributed by atoms with E-state index in [1.165, 1.54) is 11.3 Å². The molecule has 0 bridgehead atoms. The number of carbonyl (C=O) groups excluding carboxylic acids is 1. The largest absolute Gasteiger partial charge is 1.00 e. The summed E-state index contributed by atoms with van der Waals surface area (Å²) in [4.78, 5) is 12.5. The maximum Gasteiger partial charge on any atom is 0.333 e. The van der Waals surface area contributed by atoms with Crippen LogP contribution in [0.3, 0.4) is 0 Å². The summed E-state index contributed by atoms with van der Waals surface area (Å²) in [6.07, 6.45) is 0. The molecule has 1 aromatic heterocycles. The lowest BCUT2D eigenvalue weighted by atomic mass is 10.1. The van der Waals surface area contributed by atoms with Crippen molar-refractivity contribution in [2.75, 3.05) is 12.3 Å². The first-order chi connectivity index (χ1) is 10.7. The Labute approximate surface area is 144 Å². The third-order valence-electron chi connectivity index (χ3n) is 3.43. The Morgan fingerprint density at radius 3 is 2.57 bits per heavy atom. The van der Waals surface area contributed by atoms with E-state index in [0.717, 1.165) is 16.0 Å². The van der Waals surface area contributed by atoms with Gasteiger partial charge in [0.2, 0.25) is 5.78 Å². The van der Waals surface area contributed by atoms with Gasteiger partial charge in [0.25, 0.3) is 0 Å². The summed E-state index contributed by atoms with van der Waals surface area (Å²) in [6, 6.07) is 15.1. The number of carbonyl (C=O) groups is 1. The van der Waals surface area contributed by atoms with Gasteiger partial charge >= 0.3 is 5.13 Å². The Kier molecular flexibility index (Phi) is 5.58. The van der Waals surface area contributed by atoms with Gasteiger partial charge in [-0.15, -0.1) is 0 Å². The highest BCUT2D eigenvalue weighted by Gasteiger charge is 2.18. The zero-order chi connectivity index (χ0) is 15.5. The lowest BCUT2D eigenvalue weighted by Crippen LogP contribution is -3.00.